The number of aromatic nitrogens is 2. The van der Waals surface area contributed by atoms with E-state index in [1.807, 2.05) is 0 Å². The van der Waals surface area contributed by atoms with Gasteiger partial charge in [0.15, 0.2) is 0 Å². The summed E-state index contributed by atoms with van der Waals surface area (Å²) in [5.41, 5.74) is -0.116. The lowest BCUT2D eigenvalue weighted by Crippen LogP contribution is -2.40. The van der Waals surface area contributed by atoms with Crippen molar-refractivity contribution in [3.8, 4) is 0 Å². The van der Waals surface area contributed by atoms with Crippen molar-refractivity contribution in [1.29, 1.82) is 0 Å². The van der Waals surface area contributed by atoms with E-state index < -0.39 is 18.3 Å². The Hall–Kier alpha value is -1.89. The van der Waals surface area contributed by atoms with Crippen molar-refractivity contribution >= 4 is 10.9 Å². The lowest BCUT2D eigenvalue weighted by atomic mass is 9.93. The maximum Gasteiger partial charge on any atom is 0.406 e. The van der Waals surface area contributed by atoms with E-state index in [1.54, 1.807) is 24.3 Å². The minimum atomic E-state index is -4.46. The van der Waals surface area contributed by atoms with Crippen LogP contribution in [0.1, 0.15) is 56.8 Å². The van der Waals surface area contributed by atoms with Gasteiger partial charge in [0.1, 0.15) is 12.4 Å². The minimum absolute atomic E-state index is 0.215. The second-order valence-corrected chi connectivity index (χ2v) is 7.68. The van der Waals surface area contributed by atoms with Crippen LogP contribution >= 0.6 is 0 Å². The summed E-state index contributed by atoms with van der Waals surface area (Å²) in [6, 6.07) is 6.85. The number of nitrogens with zero attached hydrogens (tertiary/aromatic N) is 3. The predicted molar refractivity (Wildman–Crippen MR) is 97.6 cm³/mol. The van der Waals surface area contributed by atoms with E-state index in [-0.39, 0.29) is 17.3 Å². The number of fused-ring (bicyclic) bond motifs is 1. The van der Waals surface area contributed by atoms with Gasteiger partial charge in [-0.15, -0.1) is 0 Å². The van der Waals surface area contributed by atoms with E-state index in [1.165, 1.54) is 6.42 Å². The third-order valence-electron chi connectivity index (χ3n) is 5.86. The van der Waals surface area contributed by atoms with Crippen molar-refractivity contribution in [3.63, 3.8) is 0 Å². The van der Waals surface area contributed by atoms with Gasteiger partial charge in [0.05, 0.1) is 16.9 Å². The smallest absolute Gasteiger partial charge is 0.290 e. The van der Waals surface area contributed by atoms with Crippen molar-refractivity contribution in [2.45, 2.75) is 69.8 Å². The van der Waals surface area contributed by atoms with Crippen molar-refractivity contribution in [3.05, 3.63) is 40.4 Å². The molecular weight excluding hydrogens is 355 g/mol. The summed E-state index contributed by atoms with van der Waals surface area (Å²) in [6.45, 7) is -0.419. The molecule has 1 saturated heterocycles. The molecule has 0 N–H and O–H groups in total. The zero-order valence-corrected chi connectivity index (χ0v) is 15.2. The van der Waals surface area contributed by atoms with Gasteiger partial charge in [-0.05, 0) is 44.4 Å². The molecule has 2 heterocycles. The van der Waals surface area contributed by atoms with Gasteiger partial charge < -0.3 is 0 Å². The molecule has 1 unspecified atom stereocenters. The molecule has 0 radical (unpaired) electrons. The molecule has 1 aromatic heterocycles. The summed E-state index contributed by atoms with van der Waals surface area (Å²) in [5, 5.41) is 0.243. The highest BCUT2D eigenvalue weighted by molar-refractivity contribution is 5.77. The molecule has 2 aliphatic rings. The van der Waals surface area contributed by atoms with Gasteiger partial charge in [0.2, 0.25) is 0 Å². The number of alkyl halides is 3. The lowest BCUT2D eigenvalue weighted by molar-refractivity contribution is -0.142. The molecule has 4 rings (SSSR count). The number of hydrogen-bond donors (Lipinski definition) is 0. The topological polar surface area (TPSA) is 38.1 Å². The van der Waals surface area contributed by atoms with Crippen LogP contribution in [0.2, 0.25) is 0 Å². The number of halogens is 3. The van der Waals surface area contributed by atoms with Crippen LogP contribution < -0.4 is 5.56 Å². The van der Waals surface area contributed by atoms with E-state index in [0.29, 0.717) is 11.6 Å². The van der Waals surface area contributed by atoms with Gasteiger partial charge in [-0.25, -0.2) is 4.98 Å². The predicted octanol–water partition coefficient (Wildman–Crippen LogP) is 4.43. The zero-order valence-electron chi connectivity index (χ0n) is 15.2. The van der Waals surface area contributed by atoms with E-state index in [2.05, 4.69) is 9.88 Å². The first-order valence-electron chi connectivity index (χ1n) is 9.76. The summed E-state index contributed by atoms with van der Waals surface area (Å²) in [6.07, 6.45) is 2.91. The molecule has 27 heavy (non-hydrogen) atoms. The quantitative estimate of drug-likeness (QED) is 0.792. The average molecular weight is 379 g/mol. The molecule has 1 aliphatic carbocycles. The third-order valence-corrected chi connectivity index (χ3v) is 5.86. The molecule has 0 spiro atoms. The molecule has 1 saturated carbocycles. The molecule has 146 valence electrons. The third kappa shape index (κ3) is 3.74. The van der Waals surface area contributed by atoms with Crippen LogP contribution in [-0.4, -0.2) is 33.2 Å². The summed E-state index contributed by atoms with van der Waals surface area (Å²) in [5.74, 6) is 0.277. The van der Waals surface area contributed by atoms with Crippen molar-refractivity contribution in [2.75, 3.05) is 6.54 Å². The Kier molecular flexibility index (Phi) is 4.97. The number of likely N-dealkylation sites (tertiary alicyclic amines) is 1. The normalized spacial score (nSPS) is 22.6. The molecule has 0 amide bonds. The van der Waals surface area contributed by atoms with E-state index in [9.17, 15) is 18.0 Å². The van der Waals surface area contributed by atoms with E-state index in [0.717, 1.165) is 49.6 Å². The fourth-order valence-electron chi connectivity index (χ4n) is 4.69. The van der Waals surface area contributed by atoms with Crippen molar-refractivity contribution < 1.29 is 13.2 Å². The minimum Gasteiger partial charge on any atom is -0.290 e. The first kappa shape index (κ1) is 18.5. The first-order chi connectivity index (χ1) is 12.9. The summed E-state index contributed by atoms with van der Waals surface area (Å²) in [4.78, 5) is 19.7. The van der Waals surface area contributed by atoms with Gasteiger partial charge in [0, 0.05) is 6.04 Å². The van der Waals surface area contributed by atoms with Crippen LogP contribution in [0.25, 0.3) is 10.9 Å². The molecule has 1 aliphatic heterocycles. The molecule has 2 aromatic rings. The first-order valence-corrected chi connectivity index (χ1v) is 9.76. The van der Waals surface area contributed by atoms with Gasteiger partial charge in [-0.3, -0.25) is 14.3 Å². The lowest BCUT2D eigenvalue weighted by Gasteiger charge is -2.36. The van der Waals surface area contributed by atoms with E-state index >= 15 is 0 Å². The summed E-state index contributed by atoms with van der Waals surface area (Å²) < 4.78 is 40.6. The van der Waals surface area contributed by atoms with E-state index in [4.69, 9.17) is 0 Å². The Morgan fingerprint density at radius 2 is 1.78 bits per heavy atom. The molecule has 0 bridgehead atoms. The molecule has 4 nitrogen and oxygen atoms in total. The van der Waals surface area contributed by atoms with Crippen LogP contribution in [0.3, 0.4) is 0 Å². The van der Waals surface area contributed by atoms with Crippen LogP contribution in [-0.2, 0) is 6.54 Å². The van der Waals surface area contributed by atoms with Gasteiger partial charge in [-0.2, -0.15) is 13.2 Å². The highest BCUT2D eigenvalue weighted by Crippen LogP contribution is 2.37. The number of para-hydroxylation sites is 1. The van der Waals surface area contributed by atoms with Gasteiger partial charge >= 0.3 is 6.18 Å². The highest BCUT2D eigenvalue weighted by Gasteiger charge is 2.37. The Labute approximate surface area is 156 Å². The molecular formula is C20H24F3N3O. The van der Waals surface area contributed by atoms with Crippen molar-refractivity contribution in [1.82, 2.24) is 14.5 Å². The van der Waals surface area contributed by atoms with Gasteiger partial charge in [-0.1, -0.05) is 31.4 Å². The second-order valence-electron chi connectivity index (χ2n) is 7.68. The molecule has 7 heteroatoms. The molecule has 2 fully saturated rings. The monoisotopic (exact) mass is 379 g/mol. The largest absolute Gasteiger partial charge is 0.406 e. The standard InChI is InChI=1S/C20H24F3N3O/c21-20(22,23)13-26-18(24-16-10-5-4-9-15(16)19(26)27)17-11-6-12-25(17)14-7-2-1-3-8-14/h4-5,9-10,14,17H,1-3,6-8,11-13H2. The summed E-state index contributed by atoms with van der Waals surface area (Å²) in [7, 11) is 0. The Bertz CT molecular complexity index is 871. The molecule has 1 atom stereocenters. The Morgan fingerprint density at radius 1 is 1.04 bits per heavy atom. The fraction of sp³-hybridized carbons (Fsp3) is 0.600. The number of hydrogen-bond acceptors (Lipinski definition) is 3. The second kappa shape index (κ2) is 7.26. The van der Waals surface area contributed by atoms with Gasteiger partial charge in [0.25, 0.3) is 5.56 Å². The molecule has 1 aromatic carbocycles. The zero-order chi connectivity index (χ0) is 19.0. The van der Waals surface area contributed by atoms with Crippen LogP contribution in [0.5, 0.6) is 0 Å². The van der Waals surface area contributed by atoms with Crippen LogP contribution in [0, 0.1) is 0 Å². The summed E-state index contributed by atoms with van der Waals surface area (Å²) >= 11 is 0. The highest BCUT2D eigenvalue weighted by atomic mass is 19.4. The number of benzene rings is 1. The fourth-order valence-corrected chi connectivity index (χ4v) is 4.69. The van der Waals surface area contributed by atoms with Crippen molar-refractivity contribution in [2.24, 2.45) is 0 Å². The Balaban J connectivity index is 1.81. The maximum atomic E-state index is 13.2. The maximum absolute atomic E-state index is 13.2. The SMILES string of the molecule is O=c1c2ccccc2nc(C2CCCN2C2CCCCC2)n1CC(F)(F)F. The van der Waals surface area contributed by atoms with Crippen LogP contribution in [0.15, 0.2) is 29.1 Å². The Morgan fingerprint density at radius 3 is 2.52 bits per heavy atom. The number of rotatable bonds is 3. The average Bonchev–Trinajstić information content (AvgIpc) is 3.13. The van der Waals surface area contributed by atoms with Crippen LogP contribution in [0.4, 0.5) is 13.2 Å².